The predicted molar refractivity (Wildman–Crippen MR) is 120 cm³/mol. The van der Waals surface area contributed by atoms with Crippen molar-refractivity contribution in [1.29, 1.82) is 0 Å². The minimum Gasteiger partial charge on any atom is -0.423 e. The molecule has 0 unspecified atom stereocenters. The Kier molecular flexibility index (Phi) is 6.33. The Morgan fingerprint density at radius 3 is 2.41 bits per heavy atom. The third-order valence-corrected chi connectivity index (χ3v) is 7.49. The normalized spacial score (nSPS) is 19.7. The molecule has 2 fully saturated rings. The average Bonchev–Trinajstić information content (AvgIpc) is 3.19. The van der Waals surface area contributed by atoms with E-state index in [2.05, 4.69) is 10.2 Å². The number of benzene rings is 2. The number of hydrogen-bond acceptors (Lipinski definition) is 6. The second kappa shape index (κ2) is 9.17. The molecule has 2 amide bonds. The molecule has 2 aliphatic rings. The van der Waals surface area contributed by atoms with Gasteiger partial charge in [-0.25, -0.2) is 13.2 Å². The van der Waals surface area contributed by atoms with Crippen LogP contribution in [0, 0.1) is 0 Å². The maximum Gasteiger partial charge on any atom is 0.416 e. The number of carbonyl (C=O) groups is 2. The van der Waals surface area contributed by atoms with Gasteiger partial charge in [-0.1, -0.05) is 31.2 Å². The van der Waals surface area contributed by atoms with E-state index in [4.69, 9.17) is 4.74 Å². The maximum atomic E-state index is 12.8. The molecule has 2 aromatic rings. The van der Waals surface area contributed by atoms with Gasteiger partial charge in [-0.3, -0.25) is 9.69 Å². The van der Waals surface area contributed by atoms with Crippen LogP contribution in [-0.2, 0) is 19.6 Å². The predicted octanol–water partition coefficient (Wildman–Crippen LogP) is 2.01. The van der Waals surface area contributed by atoms with Gasteiger partial charge in [0, 0.05) is 44.0 Å². The van der Waals surface area contributed by atoms with Gasteiger partial charge in [0.2, 0.25) is 15.9 Å². The van der Waals surface area contributed by atoms with Crippen molar-refractivity contribution in [2.45, 2.75) is 24.5 Å². The van der Waals surface area contributed by atoms with Crippen molar-refractivity contribution in [2.24, 2.45) is 0 Å². The molecule has 170 valence electrons. The van der Waals surface area contributed by atoms with Crippen molar-refractivity contribution < 1.29 is 22.7 Å². The molecule has 4 rings (SSSR count). The Labute approximate surface area is 187 Å². The van der Waals surface area contributed by atoms with E-state index < -0.39 is 22.3 Å². The molecule has 0 saturated carbocycles. The molecule has 2 saturated heterocycles. The van der Waals surface area contributed by atoms with Gasteiger partial charge in [0.05, 0.1) is 11.4 Å². The van der Waals surface area contributed by atoms with Crippen LogP contribution in [0.2, 0.25) is 0 Å². The van der Waals surface area contributed by atoms with E-state index >= 15 is 0 Å². The van der Waals surface area contributed by atoms with Gasteiger partial charge in [-0.15, -0.1) is 0 Å². The molecular formula is C22H26N4O5S. The molecule has 2 aromatic carbocycles. The van der Waals surface area contributed by atoms with Gasteiger partial charge in [-0.2, -0.15) is 4.31 Å². The van der Waals surface area contributed by atoms with Crippen LogP contribution in [0.4, 0.5) is 16.2 Å². The number of carbonyl (C=O) groups excluding carboxylic acids is 2. The van der Waals surface area contributed by atoms with Crippen molar-refractivity contribution in [2.75, 3.05) is 42.5 Å². The van der Waals surface area contributed by atoms with Crippen LogP contribution in [0.1, 0.15) is 13.3 Å². The number of ether oxygens (including phenoxy) is 1. The van der Waals surface area contributed by atoms with Gasteiger partial charge < -0.3 is 15.0 Å². The summed E-state index contributed by atoms with van der Waals surface area (Å²) in [7, 11) is -3.51. The first kappa shape index (κ1) is 22.1. The number of cyclic esters (lactones) is 1. The Hall–Kier alpha value is -3.11. The van der Waals surface area contributed by atoms with Gasteiger partial charge in [0.15, 0.2) is 6.23 Å². The molecule has 1 N–H and O–H groups in total. The molecule has 9 nitrogen and oxygen atoms in total. The largest absolute Gasteiger partial charge is 0.423 e. The second-order valence-corrected chi connectivity index (χ2v) is 9.57. The van der Waals surface area contributed by atoms with Crippen molar-refractivity contribution in [3.05, 3.63) is 54.6 Å². The first-order valence-corrected chi connectivity index (χ1v) is 12.0. The number of piperazine rings is 1. The van der Waals surface area contributed by atoms with E-state index in [0.717, 1.165) is 5.69 Å². The zero-order valence-electron chi connectivity index (χ0n) is 17.8. The van der Waals surface area contributed by atoms with E-state index in [-0.39, 0.29) is 12.5 Å². The van der Waals surface area contributed by atoms with E-state index in [0.29, 0.717) is 43.2 Å². The van der Waals surface area contributed by atoms with Crippen LogP contribution in [0.15, 0.2) is 59.5 Å². The Balaban J connectivity index is 1.42. The SMILES string of the molecule is CCC(=O)N[C@@H]1CN(c2cccc(N3CCN(S(=O)(=O)c4ccccc4)CC3)c2)C(=O)O1. The van der Waals surface area contributed by atoms with Gasteiger partial charge in [0.1, 0.15) is 0 Å². The van der Waals surface area contributed by atoms with Crippen LogP contribution in [0.25, 0.3) is 0 Å². The molecule has 1 atom stereocenters. The molecule has 0 radical (unpaired) electrons. The molecule has 10 heteroatoms. The van der Waals surface area contributed by atoms with Crippen LogP contribution in [0.3, 0.4) is 0 Å². The summed E-state index contributed by atoms with van der Waals surface area (Å²) in [5, 5.41) is 2.67. The lowest BCUT2D eigenvalue weighted by atomic mass is 10.2. The number of nitrogens with zero attached hydrogens (tertiary/aromatic N) is 3. The lowest BCUT2D eigenvalue weighted by molar-refractivity contribution is -0.123. The number of anilines is 2. The smallest absolute Gasteiger partial charge is 0.416 e. The fourth-order valence-corrected chi connectivity index (χ4v) is 5.26. The third kappa shape index (κ3) is 4.56. The summed E-state index contributed by atoms with van der Waals surface area (Å²) in [6.45, 7) is 3.79. The number of rotatable bonds is 6. The third-order valence-electron chi connectivity index (χ3n) is 5.58. The molecule has 2 heterocycles. The molecule has 32 heavy (non-hydrogen) atoms. The Morgan fingerprint density at radius 1 is 1.03 bits per heavy atom. The topological polar surface area (TPSA) is 99.3 Å². The van der Waals surface area contributed by atoms with Crippen molar-refractivity contribution in [1.82, 2.24) is 9.62 Å². The van der Waals surface area contributed by atoms with Crippen molar-refractivity contribution in [3.63, 3.8) is 0 Å². The highest BCUT2D eigenvalue weighted by atomic mass is 32.2. The summed E-state index contributed by atoms with van der Waals surface area (Å²) in [4.78, 5) is 27.8. The zero-order valence-corrected chi connectivity index (χ0v) is 18.6. The highest BCUT2D eigenvalue weighted by Gasteiger charge is 2.34. The summed E-state index contributed by atoms with van der Waals surface area (Å²) >= 11 is 0. The summed E-state index contributed by atoms with van der Waals surface area (Å²) in [5.74, 6) is -0.179. The number of hydrogen-bond donors (Lipinski definition) is 1. The minimum absolute atomic E-state index is 0.179. The Morgan fingerprint density at radius 2 is 1.72 bits per heavy atom. The number of amides is 2. The quantitative estimate of drug-likeness (QED) is 0.711. The van der Waals surface area contributed by atoms with Crippen LogP contribution >= 0.6 is 0 Å². The van der Waals surface area contributed by atoms with Crippen LogP contribution < -0.4 is 15.1 Å². The maximum absolute atomic E-state index is 12.8. The van der Waals surface area contributed by atoms with Crippen LogP contribution in [0.5, 0.6) is 0 Å². The summed E-state index contributed by atoms with van der Waals surface area (Å²) in [6.07, 6.45) is -0.872. The lowest BCUT2D eigenvalue weighted by Crippen LogP contribution is -2.48. The fourth-order valence-electron chi connectivity index (χ4n) is 3.82. The van der Waals surface area contributed by atoms with E-state index in [1.54, 1.807) is 37.3 Å². The number of nitrogens with one attached hydrogen (secondary N) is 1. The minimum atomic E-state index is -3.51. The highest BCUT2D eigenvalue weighted by molar-refractivity contribution is 7.89. The standard InChI is InChI=1S/C22H26N4O5S/c1-2-20(27)23-21-16-26(22(28)31-21)18-8-6-7-17(15-18)24-11-13-25(14-12-24)32(29,30)19-9-4-3-5-10-19/h3-10,15,21H,2,11-14,16H2,1H3,(H,23,27)/t21-/m0/s1. The van der Waals surface area contributed by atoms with Crippen LogP contribution in [-0.4, -0.2) is 63.7 Å². The van der Waals surface area contributed by atoms with Crippen molar-refractivity contribution in [3.8, 4) is 0 Å². The Bertz CT molecular complexity index is 1080. The lowest BCUT2D eigenvalue weighted by Gasteiger charge is -2.35. The van der Waals surface area contributed by atoms with E-state index in [9.17, 15) is 18.0 Å². The van der Waals surface area contributed by atoms with Gasteiger partial charge in [0.25, 0.3) is 0 Å². The second-order valence-electron chi connectivity index (χ2n) is 7.63. The highest BCUT2D eigenvalue weighted by Crippen LogP contribution is 2.27. The molecule has 2 aliphatic heterocycles. The number of sulfonamides is 1. The van der Waals surface area contributed by atoms with Gasteiger partial charge >= 0.3 is 6.09 Å². The molecule has 0 aromatic heterocycles. The average molecular weight is 459 g/mol. The fraction of sp³-hybridized carbons (Fsp3) is 0.364. The summed E-state index contributed by atoms with van der Waals surface area (Å²) in [5.41, 5.74) is 1.56. The molecular weight excluding hydrogens is 432 g/mol. The summed E-state index contributed by atoms with van der Waals surface area (Å²) in [6, 6.07) is 15.9. The first-order chi connectivity index (χ1) is 15.4. The monoisotopic (exact) mass is 458 g/mol. The molecule has 0 spiro atoms. The molecule has 0 bridgehead atoms. The van der Waals surface area contributed by atoms with E-state index in [1.165, 1.54) is 9.21 Å². The summed E-state index contributed by atoms with van der Waals surface area (Å²) < 4.78 is 32.4. The zero-order chi connectivity index (χ0) is 22.7. The molecule has 0 aliphatic carbocycles. The van der Waals surface area contributed by atoms with E-state index in [1.807, 2.05) is 24.3 Å². The first-order valence-electron chi connectivity index (χ1n) is 10.6. The van der Waals surface area contributed by atoms with Crippen molar-refractivity contribution >= 4 is 33.4 Å². The van der Waals surface area contributed by atoms with Gasteiger partial charge in [-0.05, 0) is 30.3 Å².